The van der Waals surface area contributed by atoms with Crippen molar-refractivity contribution in [3.63, 3.8) is 0 Å². The first kappa shape index (κ1) is 32.4. The summed E-state index contributed by atoms with van der Waals surface area (Å²) in [6.45, 7) is 6.93. The van der Waals surface area contributed by atoms with E-state index < -0.39 is 53.4 Å². The number of hydrogen-bond donors (Lipinski definition) is 1. The number of aliphatic hydroxyl groups is 1. The first-order chi connectivity index (χ1) is 20.5. The summed E-state index contributed by atoms with van der Waals surface area (Å²) in [7, 11) is 3.06. The van der Waals surface area contributed by atoms with Crippen LogP contribution in [0.1, 0.15) is 95.5 Å². The number of rotatable bonds is 5. The Hall–Kier alpha value is -1.59. The van der Waals surface area contributed by atoms with Gasteiger partial charge in [-0.2, -0.15) is 22.0 Å². The third-order valence-corrected chi connectivity index (χ3v) is 11.9. The van der Waals surface area contributed by atoms with Crippen LogP contribution < -0.4 is 0 Å². The number of methoxy groups -OCH3 is 2. The molecule has 6 rings (SSSR count). The van der Waals surface area contributed by atoms with Crippen LogP contribution in [0.5, 0.6) is 0 Å². The third-order valence-electron chi connectivity index (χ3n) is 11.9. The highest BCUT2D eigenvalue weighted by molar-refractivity contribution is 5.42. The maximum atomic E-state index is 15.3. The highest BCUT2D eigenvalue weighted by Crippen LogP contribution is 2.71. The van der Waals surface area contributed by atoms with Gasteiger partial charge in [0, 0.05) is 49.4 Å². The van der Waals surface area contributed by atoms with E-state index in [0.717, 1.165) is 24.0 Å². The van der Waals surface area contributed by atoms with E-state index in [1.807, 2.05) is 24.3 Å². The number of fused-ring (bicyclic) bond motifs is 4. The molecule has 0 bridgehead atoms. The van der Waals surface area contributed by atoms with Crippen molar-refractivity contribution in [2.45, 2.75) is 108 Å². The van der Waals surface area contributed by atoms with Crippen LogP contribution in [-0.4, -0.2) is 56.0 Å². The molecule has 246 valence electrons. The van der Waals surface area contributed by atoms with Gasteiger partial charge in [-0.05, 0) is 61.8 Å². The molecular weight excluding hydrogens is 583 g/mol. The molecule has 44 heavy (non-hydrogen) atoms. The fraction of sp³-hybridized carbons (Fsp3) is 0.765. The Kier molecular flexibility index (Phi) is 7.89. The Balaban J connectivity index is 1.42. The molecule has 1 aromatic carbocycles. The monoisotopic (exact) mass is 628 g/mol. The third kappa shape index (κ3) is 4.79. The van der Waals surface area contributed by atoms with Crippen LogP contribution in [-0.2, 0) is 18.9 Å². The van der Waals surface area contributed by atoms with Gasteiger partial charge in [0.1, 0.15) is 5.60 Å². The summed E-state index contributed by atoms with van der Waals surface area (Å²) in [4.78, 5) is 0. The molecule has 3 unspecified atom stereocenters. The van der Waals surface area contributed by atoms with E-state index in [2.05, 4.69) is 13.8 Å². The molecule has 10 heteroatoms. The lowest BCUT2D eigenvalue weighted by molar-refractivity contribution is -0.362. The van der Waals surface area contributed by atoms with Crippen LogP contribution in [0, 0.1) is 28.6 Å². The summed E-state index contributed by atoms with van der Waals surface area (Å²) in [5.74, 6) is -6.77. The van der Waals surface area contributed by atoms with Crippen molar-refractivity contribution in [2.24, 2.45) is 28.6 Å². The molecule has 1 aliphatic heterocycles. The first-order valence-electron chi connectivity index (χ1n) is 15.8. The maximum absolute atomic E-state index is 15.3. The van der Waals surface area contributed by atoms with Gasteiger partial charge in [0.2, 0.25) is 0 Å². The molecule has 6 atom stereocenters. The minimum atomic E-state index is -5.85. The zero-order chi connectivity index (χ0) is 31.9. The smallest absolute Gasteiger partial charge is 0.383 e. The van der Waals surface area contributed by atoms with Crippen molar-refractivity contribution in [1.82, 2.24) is 0 Å². The Labute approximate surface area is 256 Å². The highest BCUT2D eigenvalue weighted by Gasteiger charge is 2.79. The van der Waals surface area contributed by atoms with Crippen molar-refractivity contribution in [1.29, 1.82) is 0 Å². The average molecular weight is 629 g/mol. The highest BCUT2D eigenvalue weighted by atomic mass is 19.4. The van der Waals surface area contributed by atoms with Gasteiger partial charge in [-0.3, -0.25) is 0 Å². The predicted octanol–water partition coefficient (Wildman–Crippen LogP) is 8.09. The lowest BCUT2D eigenvalue weighted by Gasteiger charge is -2.57. The number of halogens is 5. The number of hydrogen-bond acceptors (Lipinski definition) is 5. The van der Waals surface area contributed by atoms with E-state index in [4.69, 9.17) is 18.9 Å². The van der Waals surface area contributed by atoms with Crippen molar-refractivity contribution in [3.8, 4) is 0 Å². The van der Waals surface area contributed by atoms with Gasteiger partial charge < -0.3 is 24.1 Å². The molecule has 4 aliphatic carbocycles. The summed E-state index contributed by atoms with van der Waals surface area (Å²) >= 11 is 0. The van der Waals surface area contributed by atoms with Gasteiger partial charge >= 0.3 is 12.1 Å². The molecule has 0 radical (unpaired) electrons. The maximum Gasteiger partial charge on any atom is 0.456 e. The van der Waals surface area contributed by atoms with Gasteiger partial charge in [-0.15, -0.1) is 0 Å². The standard InChI is InChI=1S/C34H45F5O5/c1-29(2)18-43-31(44-19-29)14-12-23-22(16-31)10-11-24-26-13-15-32(40,33(35,36)34(37,38)39)30(26,3)17-25(27(23)24)20-6-8-21(9-7-20)28(41-4)42-5/h6-9,22,24-26,28,40H,10-19H2,1-5H3/t22?,24?,25-,26?,30+,32+/m1/s1. The van der Waals surface area contributed by atoms with Crippen molar-refractivity contribution < 1.29 is 46.0 Å². The van der Waals surface area contributed by atoms with Crippen LogP contribution in [0.4, 0.5) is 22.0 Å². The summed E-state index contributed by atoms with van der Waals surface area (Å²) in [5, 5.41) is 11.5. The van der Waals surface area contributed by atoms with Gasteiger partial charge in [0.05, 0.1) is 13.2 Å². The van der Waals surface area contributed by atoms with Crippen LogP contribution in [0.3, 0.4) is 0 Å². The quantitative estimate of drug-likeness (QED) is 0.203. The summed E-state index contributed by atoms with van der Waals surface area (Å²) in [6, 6.07) is 7.51. The number of ether oxygens (including phenoxy) is 4. The SMILES string of the molecule is COC(OC)c1ccc([C@H]2C[C@@]3(C)C(CC[C@@]3(O)C(F)(F)C(F)(F)F)C3CCC4CC5(CCC4=C32)OCC(C)(C)CO5)cc1. The molecule has 1 heterocycles. The lowest BCUT2D eigenvalue weighted by Crippen LogP contribution is -2.65. The average Bonchev–Trinajstić information content (AvgIpc) is 3.26. The van der Waals surface area contributed by atoms with Gasteiger partial charge in [-0.1, -0.05) is 56.2 Å². The summed E-state index contributed by atoms with van der Waals surface area (Å²) in [6.07, 6.45) is -3.32. The van der Waals surface area contributed by atoms with Crippen LogP contribution in [0.25, 0.3) is 0 Å². The Bertz CT molecular complexity index is 1260. The second-order valence-electron chi connectivity index (χ2n) is 14.9. The lowest BCUT2D eigenvalue weighted by atomic mass is 9.49. The molecule has 3 saturated carbocycles. The van der Waals surface area contributed by atoms with Gasteiger partial charge in [0.15, 0.2) is 12.1 Å². The van der Waals surface area contributed by atoms with E-state index in [9.17, 15) is 18.3 Å². The molecule has 4 fully saturated rings. The molecular formula is C34H45F5O5. The summed E-state index contributed by atoms with van der Waals surface area (Å²) in [5.41, 5.74) is -0.834. The molecule has 5 aliphatic rings. The molecule has 1 spiro atoms. The Morgan fingerprint density at radius 2 is 1.52 bits per heavy atom. The number of allylic oxidation sites excluding steroid dienone is 2. The second-order valence-corrected chi connectivity index (χ2v) is 14.9. The number of benzene rings is 1. The zero-order valence-corrected chi connectivity index (χ0v) is 26.2. The molecule has 0 amide bonds. The van der Waals surface area contributed by atoms with Crippen molar-refractivity contribution in [3.05, 3.63) is 46.5 Å². The number of alkyl halides is 5. The minimum Gasteiger partial charge on any atom is -0.383 e. The second kappa shape index (κ2) is 10.7. The topological polar surface area (TPSA) is 57.2 Å². The first-order valence-corrected chi connectivity index (χ1v) is 15.8. The molecule has 0 aromatic heterocycles. The summed E-state index contributed by atoms with van der Waals surface area (Å²) < 4.78 is 95.7. The van der Waals surface area contributed by atoms with Crippen LogP contribution in [0.15, 0.2) is 35.4 Å². The van der Waals surface area contributed by atoms with Crippen molar-refractivity contribution in [2.75, 3.05) is 27.4 Å². The Morgan fingerprint density at radius 3 is 2.11 bits per heavy atom. The normalized spacial score (nSPS) is 36.7. The molecule has 1 saturated heterocycles. The van der Waals surface area contributed by atoms with Crippen molar-refractivity contribution >= 4 is 0 Å². The fourth-order valence-electron chi connectivity index (χ4n) is 9.54. The largest absolute Gasteiger partial charge is 0.456 e. The fourth-order valence-corrected chi connectivity index (χ4v) is 9.54. The predicted molar refractivity (Wildman–Crippen MR) is 153 cm³/mol. The van der Waals surface area contributed by atoms with E-state index in [1.54, 1.807) is 0 Å². The Morgan fingerprint density at radius 1 is 0.886 bits per heavy atom. The van der Waals surface area contributed by atoms with E-state index in [0.29, 0.717) is 32.5 Å². The molecule has 5 nitrogen and oxygen atoms in total. The van der Waals surface area contributed by atoms with E-state index >= 15 is 8.78 Å². The molecule has 1 N–H and O–H groups in total. The van der Waals surface area contributed by atoms with Crippen LogP contribution >= 0.6 is 0 Å². The zero-order valence-electron chi connectivity index (χ0n) is 26.2. The van der Waals surface area contributed by atoms with Crippen LogP contribution in [0.2, 0.25) is 0 Å². The van der Waals surface area contributed by atoms with E-state index in [-0.39, 0.29) is 30.1 Å². The van der Waals surface area contributed by atoms with Gasteiger partial charge in [0.25, 0.3) is 0 Å². The minimum absolute atomic E-state index is 0.00551. The van der Waals surface area contributed by atoms with E-state index in [1.165, 1.54) is 32.3 Å². The van der Waals surface area contributed by atoms with Gasteiger partial charge in [-0.25, -0.2) is 0 Å². The molecule has 1 aromatic rings.